The Morgan fingerprint density at radius 1 is 1.16 bits per heavy atom. The molecular weight excluding hydrogens is 320 g/mol. The van der Waals surface area contributed by atoms with Gasteiger partial charge in [-0.15, -0.1) is 0 Å². The van der Waals surface area contributed by atoms with Gasteiger partial charge in [-0.2, -0.15) is 0 Å². The van der Waals surface area contributed by atoms with Crippen molar-refractivity contribution in [3.8, 4) is 5.75 Å². The quantitative estimate of drug-likeness (QED) is 0.845. The third-order valence-corrected chi connectivity index (χ3v) is 4.06. The first-order valence-electron chi connectivity index (χ1n) is 8.17. The average Bonchev–Trinajstić information content (AvgIpc) is 3.09. The molecule has 1 aliphatic rings. The first-order chi connectivity index (χ1) is 12.1. The summed E-state index contributed by atoms with van der Waals surface area (Å²) in [4.78, 5) is 25.0. The van der Waals surface area contributed by atoms with Crippen molar-refractivity contribution < 1.29 is 19.4 Å². The molecule has 0 spiro atoms. The van der Waals surface area contributed by atoms with E-state index in [0.29, 0.717) is 24.4 Å². The molecule has 1 amide bonds. The van der Waals surface area contributed by atoms with Gasteiger partial charge in [0.1, 0.15) is 5.75 Å². The number of hydrogen-bond acceptors (Lipinski definition) is 4. The predicted molar refractivity (Wildman–Crippen MR) is 93.9 cm³/mol. The second-order valence-electron chi connectivity index (χ2n) is 5.96. The van der Waals surface area contributed by atoms with Gasteiger partial charge in [0.05, 0.1) is 0 Å². The highest BCUT2D eigenvalue weighted by atomic mass is 16.5. The molecule has 1 unspecified atom stereocenters. The smallest absolute Gasteiger partial charge is 0.341 e. The van der Waals surface area contributed by atoms with Crippen molar-refractivity contribution in [1.29, 1.82) is 0 Å². The number of para-hydroxylation sites is 1. The molecule has 6 heteroatoms. The van der Waals surface area contributed by atoms with Crippen molar-refractivity contribution in [2.75, 3.05) is 25.0 Å². The lowest BCUT2D eigenvalue weighted by atomic mass is 10.2. The Labute approximate surface area is 146 Å². The van der Waals surface area contributed by atoms with E-state index in [1.54, 1.807) is 29.2 Å². The summed E-state index contributed by atoms with van der Waals surface area (Å²) in [6.07, 6.45) is 0.885. The standard InChI is InChI=1S/C19H20N2O4/c22-18(23)13-25-17-8-4-5-14(11-17)19(24)21-10-9-16(12-21)20-15-6-2-1-3-7-15/h1-8,11,16,20H,9-10,12-13H2,(H,22,23). The molecular formula is C19H20N2O4. The minimum atomic E-state index is -1.05. The number of hydrogen-bond donors (Lipinski definition) is 2. The topological polar surface area (TPSA) is 78.9 Å². The molecule has 6 nitrogen and oxygen atoms in total. The summed E-state index contributed by atoms with van der Waals surface area (Å²) >= 11 is 0. The van der Waals surface area contributed by atoms with E-state index in [0.717, 1.165) is 12.1 Å². The Hall–Kier alpha value is -3.02. The molecule has 3 rings (SSSR count). The van der Waals surface area contributed by atoms with Crippen LogP contribution in [0.1, 0.15) is 16.8 Å². The van der Waals surface area contributed by atoms with Gasteiger partial charge in [-0.05, 0) is 36.8 Å². The molecule has 0 aromatic heterocycles. The summed E-state index contributed by atoms with van der Waals surface area (Å²) in [5.41, 5.74) is 1.55. The van der Waals surface area contributed by atoms with Crippen molar-refractivity contribution in [3.63, 3.8) is 0 Å². The van der Waals surface area contributed by atoms with E-state index in [4.69, 9.17) is 9.84 Å². The predicted octanol–water partition coefficient (Wildman–Crippen LogP) is 2.48. The Morgan fingerprint density at radius 3 is 2.72 bits per heavy atom. The van der Waals surface area contributed by atoms with Gasteiger partial charge in [-0.25, -0.2) is 4.79 Å². The zero-order valence-corrected chi connectivity index (χ0v) is 13.7. The van der Waals surface area contributed by atoms with Crippen LogP contribution in [0.3, 0.4) is 0 Å². The van der Waals surface area contributed by atoms with Crippen LogP contribution in [0, 0.1) is 0 Å². The molecule has 1 atom stereocenters. The van der Waals surface area contributed by atoms with Gasteiger partial charge in [0.2, 0.25) is 0 Å². The van der Waals surface area contributed by atoms with E-state index in [1.165, 1.54) is 0 Å². The number of aliphatic carboxylic acids is 1. The maximum Gasteiger partial charge on any atom is 0.341 e. The second-order valence-corrected chi connectivity index (χ2v) is 5.96. The summed E-state index contributed by atoms with van der Waals surface area (Å²) in [7, 11) is 0. The lowest BCUT2D eigenvalue weighted by Gasteiger charge is -2.18. The monoisotopic (exact) mass is 340 g/mol. The average molecular weight is 340 g/mol. The van der Waals surface area contributed by atoms with Crippen LogP contribution >= 0.6 is 0 Å². The first-order valence-corrected chi connectivity index (χ1v) is 8.17. The van der Waals surface area contributed by atoms with Crippen molar-refractivity contribution in [3.05, 3.63) is 60.2 Å². The molecule has 1 saturated heterocycles. The molecule has 0 radical (unpaired) electrons. The fraction of sp³-hybridized carbons (Fsp3) is 0.263. The number of carbonyl (C=O) groups excluding carboxylic acids is 1. The molecule has 130 valence electrons. The number of rotatable bonds is 6. The zero-order chi connectivity index (χ0) is 17.6. The summed E-state index contributed by atoms with van der Waals surface area (Å²) in [5.74, 6) is -0.740. The minimum absolute atomic E-state index is 0.0712. The van der Waals surface area contributed by atoms with Crippen molar-refractivity contribution in [2.24, 2.45) is 0 Å². The second kappa shape index (κ2) is 7.70. The van der Waals surface area contributed by atoms with Crippen LogP contribution in [0.4, 0.5) is 5.69 Å². The SMILES string of the molecule is O=C(O)COc1cccc(C(=O)N2CCC(Nc3ccccc3)C2)c1. The maximum atomic E-state index is 12.7. The Kier molecular flexibility index (Phi) is 5.18. The molecule has 0 saturated carbocycles. The van der Waals surface area contributed by atoms with E-state index in [2.05, 4.69) is 5.32 Å². The fourth-order valence-electron chi connectivity index (χ4n) is 2.88. The van der Waals surface area contributed by atoms with Gasteiger partial charge in [-0.1, -0.05) is 24.3 Å². The Bertz CT molecular complexity index is 748. The number of carbonyl (C=O) groups is 2. The van der Waals surface area contributed by atoms with Crippen LogP contribution < -0.4 is 10.1 Å². The van der Waals surface area contributed by atoms with Crippen molar-refractivity contribution in [1.82, 2.24) is 4.90 Å². The van der Waals surface area contributed by atoms with Crippen LogP contribution in [0.25, 0.3) is 0 Å². The van der Waals surface area contributed by atoms with E-state index < -0.39 is 12.6 Å². The van der Waals surface area contributed by atoms with Gasteiger partial charge < -0.3 is 20.1 Å². The highest BCUT2D eigenvalue weighted by Crippen LogP contribution is 2.20. The molecule has 0 aliphatic carbocycles. The number of nitrogens with one attached hydrogen (secondary N) is 1. The molecule has 25 heavy (non-hydrogen) atoms. The summed E-state index contributed by atoms with van der Waals surface area (Å²) in [5, 5.41) is 12.1. The van der Waals surface area contributed by atoms with Crippen molar-refractivity contribution in [2.45, 2.75) is 12.5 Å². The van der Waals surface area contributed by atoms with Crippen LogP contribution in [0.15, 0.2) is 54.6 Å². The molecule has 2 N–H and O–H groups in total. The summed E-state index contributed by atoms with van der Waals surface area (Å²) in [6, 6.07) is 16.8. The third kappa shape index (κ3) is 4.50. The minimum Gasteiger partial charge on any atom is -0.482 e. The van der Waals surface area contributed by atoms with Gasteiger partial charge in [-0.3, -0.25) is 4.79 Å². The van der Waals surface area contributed by atoms with Crippen LogP contribution in [-0.4, -0.2) is 47.6 Å². The van der Waals surface area contributed by atoms with Crippen LogP contribution in [0.5, 0.6) is 5.75 Å². The number of likely N-dealkylation sites (tertiary alicyclic amines) is 1. The Balaban J connectivity index is 1.60. The van der Waals surface area contributed by atoms with E-state index in [1.807, 2.05) is 30.3 Å². The number of benzene rings is 2. The number of amides is 1. The van der Waals surface area contributed by atoms with Crippen LogP contribution in [0.2, 0.25) is 0 Å². The molecule has 1 aliphatic heterocycles. The number of carboxylic acid groups (broad SMARTS) is 1. The first kappa shape index (κ1) is 16.8. The highest BCUT2D eigenvalue weighted by molar-refractivity contribution is 5.94. The number of carboxylic acids is 1. The molecule has 1 heterocycles. The lowest BCUT2D eigenvalue weighted by molar-refractivity contribution is -0.139. The van der Waals surface area contributed by atoms with E-state index in [-0.39, 0.29) is 11.9 Å². The molecule has 2 aromatic rings. The molecule has 1 fully saturated rings. The van der Waals surface area contributed by atoms with Gasteiger partial charge in [0, 0.05) is 30.4 Å². The van der Waals surface area contributed by atoms with E-state index in [9.17, 15) is 9.59 Å². The fourth-order valence-corrected chi connectivity index (χ4v) is 2.88. The largest absolute Gasteiger partial charge is 0.482 e. The Morgan fingerprint density at radius 2 is 1.96 bits per heavy atom. The zero-order valence-electron chi connectivity index (χ0n) is 13.7. The summed E-state index contributed by atoms with van der Waals surface area (Å²) in [6.45, 7) is 0.891. The van der Waals surface area contributed by atoms with Gasteiger partial charge in [0.25, 0.3) is 5.91 Å². The van der Waals surface area contributed by atoms with Gasteiger partial charge >= 0.3 is 5.97 Å². The molecule has 2 aromatic carbocycles. The highest BCUT2D eigenvalue weighted by Gasteiger charge is 2.27. The maximum absolute atomic E-state index is 12.7. The number of anilines is 1. The van der Waals surface area contributed by atoms with Gasteiger partial charge in [0.15, 0.2) is 6.61 Å². The number of nitrogens with zero attached hydrogens (tertiary/aromatic N) is 1. The molecule has 0 bridgehead atoms. The van der Waals surface area contributed by atoms with Crippen LogP contribution in [-0.2, 0) is 4.79 Å². The number of ether oxygens (including phenoxy) is 1. The summed E-state index contributed by atoms with van der Waals surface area (Å²) < 4.78 is 5.14. The third-order valence-electron chi connectivity index (χ3n) is 4.06. The van der Waals surface area contributed by atoms with Crippen molar-refractivity contribution >= 4 is 17.6 Å². The normalized spacial score (nSPS) is 16.5. The lowest BCUT2D eigenvalue weighted by Crippen LogP contribution is -2.31. The van der Waals surface area contributed by atoms with E-state index >= 15 is 0 Å².